The lowest BCUT2D eigenvalue weighted by Crippen LogP contribution is -2.22. The molecule has 0 radical (unpaired) electrons. The van der Waals surface area contributed by atoms with E-state index in [1.54, 1.807) is 0 Å². The van der Waals surface area contributed by atoms with Crippen LogP contribution in [0.3, 0.4) is 0 Å². The van der Waals surface area contributed by atoms with Crippen molar-refractivity contribution in [3.63, 3.8) is 0 Å². The molecule has 0 aromatic carbocycles. The fraction of sp³-hybridized carbons (Fsp3) is 0.643. The van der Waals surface area contributed by atoms with E-state index in [-0.39, 0.29) is 11.9 Å². The zero-order valence-electron chi connectivity index (χ0n) is 11.4. The van der Waals surface area contributed by atoms with E-state index in [1.165, 1.54) is 12.3 Å². The van der Waals surface area contributed by atoms with Gasteiger partial charge in [-0.25, -0.2) is 4.98 Å². The Bertz CT molecular complexity index is 377. The number of alkyl halides is 3. The van der Waals surface area contributed by atoms with Gasteiger partial charge in [-0.3, -0.25) is 0 Å². The summed E-state index contributed by atoms with van der Waals surface area (Å²) in [5.74, 6) is -0.0513. The zero-order chi connectivity index (χ0) is 14.3. The molecule has 108 valence electrons. The molecule has 0 aliphatic rings. The van der Waals surface area contributed by atoms with Gasteiger partial charge in [0, 0.05) is 12.2 Å². The molecule has 0 bridgehead atoms. The highest BCUT2D eigenvalue weighted by Gasteiger charge is 2.34. The first-order chi connectivity index (χ1) is 8.99. The second kappa shape index (κ2) is 7.36. The zero-order valence-corrected chi connectivity index (χ0v) is 11.4. The molecular weight excluding hydrogens is 253 g/mol. The fourth-order valence-corrected chi connectivity index (χ4v) is 2.03. The van der Waals surface area contributed by atoms with E-state index in [9.17, 15) is 13.2 Å². The van der Waals surface area contributed by atoms with Gasteiger partial charge >= 0.3 is 6.18 Å². The molecule has 1 aromatic heterocycles. The predicted octanol–water partition coefficient (Wildman–Crippen LogP) is 4.87. The Morgan fingerprint density at radius 1 is 1.21 bits per heavy atom. The van der Waals surface area contributed by atoms with E-state index >= 15 is 0 Å². The molecule has 1 N–H and O–H groups in total. The highest BCUT2D eigenvalue weighted by Crippen LogP contribution is 2.34. The van der Waals surface area contributed by atoms with E-state index in [0.717, 1.165) is 38.2 Å². The molecule has 0 aliphatic heterocycles. The van der Waals surface area contributed by atoms with Gasteiger partial charge in [0.05, 0.1) is 5.56 Å². The maximum Gasteiger partial charge on any atom is 0.419 e. The number of unbranched alkanes of at least 4 members (excludes halogenated alkanes) is 1. The van der Waals surface area contributed by atoms with Crippen LogP contribution in [0.5, 0.6) is 0 Å². The van der Waals surface area contributed by atoms with Gasteiger partial charge in [-0.15, -0.1) is 0 Å². The van der Waals surface area contributed by atoms with E-state index < -0.39 is 11.7 Å². The fourth-order valence-electron chi connectivity index (χ4n) is 2.03. The summed E-state index contributed by atoms with van der Waals surface area (Å²) in [4.78, 5) is 3.84. The van der Waals surface area contributed by atoms with Crippen LogP contribution in [-0.4, -0.2) is 11.0 Å². The van der Waals surface area contributed by atoms with Gasteiger partial charge in [-0.1, -0.05) is 33.1 Å². The molecule has 0 saturated heterocycles. The van der Waals surface area contributed by atoms with Crippen LogP contribution in [-0.2, 0) is 6.18 Å². The van der Waals surface area contributed by atoms with E-state index in [0.29, 0.717) is 0 Å². The third kappa shape index (κ3) is 5.09. The Kier molecular flexibility index (Phi) is 6.12. The molecule has 19 heavy (non-hydrogen) atoms. The molecule has 1 heterocycles. The molecule has 1 unspecified atom stereocenters. The van der Waals surface area contributed by atoms with Crippen molar-refractivity contribution in [1.82, 2.24) is 4.98 Å². The Morgan fingerprint density at radius 3 is 2.53 bits per heavy atom. The summed E-state index contributed by atoms with van der Waals surface area (Å²) in [5, 5.41) is 2.96. The molecule has 0 saturated carbocycles. The monoisotopic (exact) mass is 274 g/mol. The van der Waals surface area contributed by atoms with Crippen molar-refractivity contribution in [1.29, 1.82) is 0 Å². The minimum absolute atomic E-state index is 0.0513. The van der Waals surface area contributed by atoms with Crippen molar-refractivity contribution in [2.45, 2.75) is 58.2 Å². The normalized spacial score (nSPS) is 13.3. The van der Waals surface area contributed by atoms with Crippen molar-refractivity contribution in [2.24, 2.45) is 0 Å². The molecular formula is C14H21F3N2. The van der Waals surface area contributed by atoms with Crippen LogP contribution in [0.2, 0.25) is 0 Å². The molecule has 1 rings (SSSR count). The topological polar surface area (TPSA) is 24.9 Å². The predicted molar refractivity (Wildman–Crippen MR) is 71.1 cm³/mol. The first-order valence-corrected chi connectivity index (χ1v) is 6.77. The Hall–Kier alpha value is -1.26. The van der Waals surface area contributed by atoms with Crippen LogP contribution >= 0.6 is 0 Å². The third-order valence-corrected chi connectivity index (χ3v) is 3.00. The average Bonchev–Trinajstić information content (AvgIpc) is 2.35. The van der Waals surface area contributed by atoms with Crippen molar-refractivity contribution >= 4 is 5.82 Å². The second-order valence-corrected chi connectivity index (χ2v) is 4.67. The molecule has 5 heteroatoms. The Morgan fingerprint density at radius 2 is 1.95 bits per heavy atom. The summed E-state index contributed by atoms with van der Waals surface area (Å²) in [5.41, 5.74) is -0.687. The number of halogens is 3. The van der Waals surface area contributed by atoms with Crippen LogP contribution < -0.4 is 5.32 Å². The molecule has 0 amide bonds. The number of anilines is 1. The van der Waals surface area contributed by atoms with Gasteiger partial charge in [0.15, 0.2) is 0 Å². The third-order valence-electron chi connectivity index (χ3n) is 3.00. The molecule has 0 aliphatic carbocycles. The van der Waals surface area contributed by atoms with Gasteiger partial charge in [-0.2, -0.15) is 13.2 Å². The van der Waals surface area contributed by atoms with Crippen molar-refractivity contribution in [3.05, 3.63) is 23.9 Å². The molecule has 2 nitrogen and oxygen atoms in total. The number of rotatable bonds is 7. The highest BCUT2D eigenvalue weighted by molar-refractivity contribution is 5.46. The van der Waals surface area contributed by atoms with E-state index in [4.69, 9.17) is 0 Å². The minimum Gasteiger partial charge on any atom is -0.367 e. The van der Waals surface area contributed by atoms with Crippen LogP contribution in [0.1, 0.15) is 51.5 Å². The molecule has 1 atom stereocenters. The number of nitrogens with one attached hydrogen (secondary N) is 1. The van der Waals surface area contributed by atoms with Crippen LogP contribution in [0.15, 0.2) is 18.3 Å². The molecule has 1 aromatic rings. The number of pyridine rings is 1. The second-order valence-electron chi connectivity index (χ2n) is 4.67. The van der Waals surface area contributed by atoms with Crippen molar-refractivity contribution in [3.8, 4) is 0 Å². The van der Waals surface area contributed by atoms with Gasteiger partial charge < -0.3 is 5.32 Å². The van der Waals surface area contributed by atoms with E-state index in [1.807, 2.05) is 6.92 Å². The smallest absolute Gasteiger partial charge is 0.367 e. The SMILES string of the molecule is CCCCC(CCC)Nc1ncccc1C(F)(F)F. The van der Waals surface area contributed by atoms with Gasteiger partial charge in [0.1, 0.15) is 5.82 Å². The lowest BCUT2D eigenvalue weighted by Gasteiger charge is -2.21. The van der Waals surface area contributed by atoms with Crippen LogP contribution in [0.4, 0.5) is 19.0 Å². The summed E-state index contributed by atoms with van der Waals surface area (Å²) in [6.07, 6.45) is 1.74. The quantitative estimate of drug-likeness (QED) is 0.767. The Balaban J connectivity index is 2.83. The van der Waals surface area contributed by atoms with Gasteiger partial charge in [0.2, 0.25) is 0 Å². The Labute approximate surface area is 112 Å². The van der Waals surface area contributed by atoms with Crippen LogP contribution in [0.25, 0.3) is 0 Å². The average molecular weight is 274 g/mol. The summed E-state index contributed by atoms with van der Waals surface area (Å²) in [6, 6.07) is 2.44. The summed E-state index contributed by atoms with van der Waals surface area (Å²) < 4.78 is 38.6. The lowest BCUT2D eigenvalue weighted by atomic mass is 10.0. The molecule has 0 fully saturated rings. The maximum atomic E-state index is 12.9. The minimum atomic E-state index is -4.36. The number of hydrogen-bond acceptors (Lipinski definition) is 2. The van der Waals surface area contributed by atoms with Gasteiger partial charge in [-0.05, 0) is 25.0 Å². The van der Waals surface area contributed by atoms with E-state index in [2.05, 4.69) is 17.2 Å². The maximum absolute atomic E-state index is 12.9. The van der Waals surface area contributed by atoms with Crippen molar-refractivity contribution < 1.29 is 13.2 Å². The summed E-state index contributed by atoms with van der Waals surface area (Å²) in [7, 11) is 0. The van der Waals surface area contributed by atoms with Gasteiger partial charge in [0.25, 0.3) is 0 Å². The summed E-state index contributed by atoms with van der Waals surface area (Å²) in [6.45, 7) is 4.11. The lowest BCUT2D eigenvalue weighted by molar-refractivity contribution is -0.137. The summed E-state index contributed by atoms with van der Waals surface area (Å²) >= 11 is 0. The van der Waals surface area contributed by atoms with Crippen molar-refractivity contribution in [2.75, 3.05) is 5.32 Å². The largest absolute Gasteiger partial charge is 0.419 e. The number of aromatic nitrogens is 1. The van der Waals surface area contributed by atoms with Crippen LogP contribution in [0, 0.1) is 0 Å². The first-order valence-electron chi connectivity index (χ1n) is 6.77. The standard InChI is InChI=1S/C14H21F3N2/c1-3-5-8-11(7-4-2)19-13-12(14(15,16)17)9-6-10-18-13/h6,9-11H,3-5,7-8H2,1-2H3,(H,18,19). The number of hydrogen-bond donors (Lipinski definition) is 1. The molecule has 0 spiro atoms. The number of nitrogens with zero attached hydrogens (tertiary/aromatic N) is 1. The first kappa shape index (κ1) is 15.8. The highest BCUT2D eigenvalue weighted by atomic mass is 19.4.